The Morgan fingerprint density at radius 3 is 2.24 bits per heavy atom. The zero-order valence-electron chi connectivity index (χ0n) is 19.5. The van der Waals surface area contributed by atoms with Gasteiger partial charge in [-0.15, -0.1) is 0 Å². The molecule has 0 spiro atoms. The molecule has 2 aromatic rings. The number of Topliss-reactive ketones (excluding diaryl/α,β-unsaturated/α-hetero) is 1. The van der Waals surface area contributed by atoms with E-state index in [4.69, 9.17) is 5.11 Å². The first kappa shape index (κ1) is 29.8. The molecule has 0 aliphatic rings. The van der Waals surface area contributed by atoms with Gasteiger partial charge in [0.15, 0.2) is 9.84 Å². The smallest absolute Gasteiger partial charge is 0.407 e. The number of carbonyl (C=O) groups is 3. The number of carbonyl (C=O) groups excluding carboxylic acids is 2. The van der Waals surface area contributed by atoms with Crippen LogP contribution in [0.15, 0.2) is 48.8 Å². The largest absolute Gasteiger partial charge is 0.475 e. The average Bonchev–Trinajstić information content (AvgIpc) is 2.81. The Morgan fingerprint density at radius 1 is 1.08 bits per heavy atom. The molecule has 3 atom stereocenters. The second-order valence-corrected chi connectivity index (χ2v) is 10.3. The topological polar surface area (TPSA) is 143 Å². The van der Waals surface area contributed by atoms with Crippen molar-refractivity contribution in [3.05, 3.63) is 65.7 Å². The normalized spacial score (nSPS) is 14.4. The van der Waals surface area contributed by atoms with Gasteiger partial charge in [0.25, 0.3) is 5.78 Å². The number of rotatable bonds is 13. The third-order valence-electron chi connectivity index (χ3n) is 5.17. The predicted molar refractivity (Wildman–Crippen MR) is 123 cm³/mol. The molecule has 1 aromatic carbocycles. The molecule has 1 aromatic heterocycles. The summed E-state index contributed by atoms with van der Waals surface area (Å²) in [5, 5.41) is 13.0. The number of halogens is 4. The van der Waals surface area contributed by atoms with Crippen LogP contribution >= 0.6 is 0 Å². The molecule has 14 heteroatoms. The number of aliphatic carboxylic acids is 1. The molecule has 0 radical (unpaired) electrons. The Bertz CT molecular complexity index is 1190. The van der Waals surface area contributed by atoms with Gasteiger partial charge in [0.2, 0.25) is 5.91 Å². The number of carboxylic acids is 1. The molecular formula is C23H25F4N3O6S. The van der Waals surface area contributed by atoms with E-state index in [9.17, 15) is 40.4 Å². The standard InChI is InChI=1S/C23H25F4N3O6S/c1-2-4-17(19(31)22(33)34)30-21(32)18(13-37(35,36)12-14-5-3-10-28-11-14)29-20(23(25,26)27)15-6-8-16(24)9-7-15/h3,5-11,17-18,20,29H,2,4,12-13H2,1H3,(H,30,32)(H,33,34)/t17-,18-,20-/m0/s1. The molecule has 1 heterocycles. The molecule has 9 nitrogen and oxygen atoms in total. The van der Waals surface area contributed by atoms with Crippen LogP contribution in [0.3, 0.4) is 0 Å². The van der Waals surface area contributed by atoms with Crippen LogP contribution in [-0.2, 0) is 30.0 Å². The van der Waals surface area contributed by atoms with Gasteiger partial charge in [-0.25, -0.2) is 17.6 Å². The lowest BCUT2D eigenvalue weighted by Crippen LogP contribution is -2.55. The first-order valence-corrected chi connectivity index (χ1v) is 12.8. The number of aromatic nitrogens is 1. The van der Waals surface area contributed by atoms with Gasteiger partial charge in [-0.05, 0) is 35.7 Å². The fourth-order valence-electron chi connectivity index (χ4n) is 3.46. The lowest BCUT2D eigenvalue weighted by Gasteiger charge is -2.28. The quantitative estimate of drug-likeness (QED) is 0.256. The molecular weight excluding hydrogens is 522 g/mol. The molecule has 0 saturated heterocycles. The SMILES string of the molecule is CCC[C@H](NC(=O)[C@H](CS(=O)(=O)Cc1cccnc1)N[C@@H](c1ccc(F)cc1)C(F)(F)F)C(=O)C(=O)O. The summed E-state index contributed by atoms with van der Waals surface area (Å²) < 4.78 is 80.8. The minimum Gasteiger partial charge on any atom is -0.475 e. The van der Waals surface area contributed by atoms with E-state index in [0.717, 1.165) is 24.3 Å². The first-order chi connectivity index (χ1) is 17.2. The number of nitrogens with zero attached hydrogens (tertiary/aromatic N) is 1. The summed E-state index contributed by atoms with van der Waals surface area (Å²) in [6.45, 7) is 1.58. The summed E-state index contributed by atoms with van der Waals surface area (Å²) in [6.07, 6.45) is -2.32. The van der Waals surface area contributed by atoms with E-state index in [1.54, 1.807) is 6.92 Å². The predicted octanol–water partition coefficient (Wildman–Crippen LogP) is 2.34. The van der Waals surface area contributed by atoms with Crippen LogP contribution in [0.5, 0.6) is 0 Å². The summed E-state index contributed by atoms with van der Waals surface area (Å²) in [5.41, 5.74) is -0.277. The Balaban J connectivity index is 2.43. The fraction of sp³-hybridized carbons (Fsp3) is 0.391. The number of alkyl halides is 3. The van der Waals surface area contributed by atoms with E-state index in [1.165, 1.54) is 24.5 Å². The molecule has 202 valence electrons. The Morgan fingerprint density at radius 2 is 1.73 bits per heavy atom. The third kappa shape index (κ3) is 9.21. The minimum atomic E-state index is -5.04. The lowest BCUT2D eigenvalue weighted by atomic mass is 10.0. The van der Waals surface area contributed by atoms with Gasteiger partial charge in [0.05, 0.1) is 17.5 Å². The van der Waals surface area contributed by atoms with E-state index in [1.807, 2.05) is 5.32 Å². The molecule has 0 fully saturated rings. The Labute approximate surface area is 210 Å². The van der Waals surface area contributed by atoms with Gasteiger partial charge in [-0.2, -0.15) is 13.2 Å². The molecule has 3 N–H and O–H groups in total. The van der Waals surface area contributed by atoms with Crippen molar-refractivity contribution >= 4 is 27.5 Å². The van der Waals surface area contributed by atoms with Crippen LogP contribution in [0.25, 0.3) is 0 Å². The van der Waals surface area contributed by atoms with Crippen molar-refractivity contribution in [3.8, 4) is 0 Å². The summed E-state index contributed by atoms with van der Waals surface area (Å²) in [5.74, 6) is -7.18. The van der Waals surface area contributed by atoms with E-state index < -0.39 is 74.7 Å². The van der Waals surface area contributed by atoms with Crippen molar-refractivity contribution in [1.82, 2.24) is 15.6 Å². The summed E-state index contributed by atoms with van der Waals surface area (Å²) in [6, 6.07) is -0.158. The molecule has 0 bridgehead atoms. The van der Waals surface area contributed by atoms with E-state index in [0.29, 0.717) is 0 Å². The Hall–Kier alpha value is -3.39. The second kappa shape index (κ2) is 12.7. The minimum absolute atomic E-state index is 0.146. The number of sulfone groups is 1. The van der Waals surface area contributed by atoms with Crippen molar-refractivity contribution in [2.45, 2.75) is 49.8 Å². The number of hydrogen-bond acceptors (Lipinski definition) is 7. The maximum atomic E-state index is 13.9. The first-order valence-electron chi connectivity index (χ1n) is 11.0. The van der Waals surface area contributed by atoms with Crippen molar-refractivity contribution in [2.24, 2.45) is 0 Å². The number of pyridine rings is 1. The van der Waals surface area contributed by atoms with Gasteiger partial charge in [0.1, 0.15) is 17.9 Å². The van der Waals surface area contributed by atoms with Crippen molar-refractivity contribution in [2.75, 3.05) is 5.75 Å². The average molecular weight is 548 g/mol. The van der Waals surface area contributed by atoms with Gasteiger partial charge >= 0.3 is 12.1 Å². The highest BCUT2D eigenvalue weighted by atomic mass is 32.2. The highest BCUT2D eigenvalue weighted by Crippen LogP contribution is 2.33. The van der Waals surface area contributed by atoms with Crippen LogP contribution in [0.1, 0.15) is 36.9 Å². The molecule has 0 unspecified atom stereocenters. The molecule has 1 amide bonds. The second-order valence-electron chi connectivity index (χ2n) is 8.18. The molecule has 0 saturated carbocycles. The maximum Gasteiger partial charge on any atom is 0.407 e. The van der Waals surface area contributed by atoms with Crippen LogP contribution in [0.2, 0.25) is 0 Å². The summed E-state index contributed by atoms with van der Waals surface area (Å²) in [4.78, 5) is 39.9. The number of carboxylic acid groups (broad SMARTS) is 1. The molecule has 2 rings (SSSR count). The van der Waals surface area contributed by atoms with Crippen LogP contribution in [-0.4, -0.2) is 60.2 Å². The van der Waals surface area contributed by atoms with Crippen molar-refractivity contribution in [3.63, 3.8) is 0 Å². The van der Waals surface area contributed by atoms with E-state index in [2.05, 4.69) is 10.3 Å². The van der Waals surface area contributed by atoms with Crippen LogP contribution < -0.4 is 10.6 Å². The van der Waals surface area contributed by atoms with Crippen LogP contribution in [0.4, 0.5) is 17.6 Å². The maximum absolute atomic E-state index is 13.9. The molecule has 0 aliphatic heterocycles. The monoisotopic (exact) mass is 547 g/mol. The van der Waals surface area contributed by atoms with Gasteiger partial charge < -0.3 is 10.4 Å². The van der Waals surface area contributed by atoms with Gasteiger partial charge in [-0.3, -0.25) is 19.9 Å². The summed E-state index contributed by atoms with van der Waals surface area (Å²) >= 11 is 0. The fourth-order valence-corrected chi connectivity index (χ4v) is 5.02. The zero-order chi connectivity index (χ0) is 27.8. The van der Waals surface area contributed by atoms with Crippen molar-refractivity contribution in [1.29, 1.82) is 0 Å². The summed E-state index contributed by atoms with van der Waals surface area (Å²) in [7, 11) is -4.24. The van der Waals surface area contributed by atoms with E-state index in [-0.39, 0.29) is 18.4 Å². The van der Waals surface area contributed by atoms with E-state index >= 15 is 0 Å². The molecule has 0 aliphatic carbocycles. The highest BCUT2D eigenvalue weighted by Gasteiger charge is 2.44. The van der Waals surface area contributed by atoms with Crippen molar-refractivity contribution < 1.29 is 45.5 Å². The van der Waals surface area contributed by atoms with Gasteiger partial charge in [-0.1, -0.05) is 31.5 Å². The number of hydrogen-bond donors (Lipinski definition) is 3. The highest BCUT2D eigenvalue weighted by molar-refractivity contribution is 7.90. The van der Waals surface area contributed by atoms with Gasteiger partial charge in [0, 0.05) is 12.4 Å². The number of ketones is 1. The molecule has 37 heavy (non-hydrogen) atoms. The Kier molecular flexibility index (Phi) is 10.3. The third-order valence-corrected chi connectivity index (χ3v) is 6.78. The number of nitrogens with one attached hydrogen (secondary N) is 2. The number of amides is 1. The van der Waals surface area contributed by atoms with Crippen LogP contribution in [0, 0.1) is 5.82 Å². The zero-order valence-corrected chi connectivity index (χ0v) is 20.4. The number of benzene rings is 1. The lowest BCUT2D eigenvalue weighted by molar-refractivity contribution is -0.160.